The molecule has 0 heterocycles. The molecule has 0 unspecified atom stereocenters. The number of nitrogens with one attached hydrogen (secondary N) is 2. The van der Waals surface area contributed by atoms with Crippen molar-refractivity contribution < 1.29 is 14.3 Å². The lowest BCUT2D eigenvalue weighted by molar-refractivity contribution is -0.122. The Hall–Kier alpha value is -0.560. The van der Waals surface area contributed by atoms with Crippen LogP contribution in [0.4, 0.5) is 4.79 Å². The maximum Gasteiger partial charge on any atom is 0.408 e. The molecule has 0 radical (unpaired) electrons. The highest BCUT2D eigenvalue weighted by Gasteiger charge is 2.24. The minimum absolute atomic E-state index is 0.113. The summed E-state index contributed by atoms with van der Waals surface area (Å²) in [5, 5.41) is 5.80. The Morgan fingerprint density at radius 1 is 0.658 bits per heavy atom. The second-order valence-electron chi connectivity index (χ2n) is 11.6. The van der Waals surface area contributed by atoms with E-state index < -0.39 is 17.7 Å². The summed E-state index contributed by atoms with van der Waals surface area (Å²) in [5.74, 6) is 1.50. The van der Waals surface area contributed by atoms with Crippen molar-refractivity contribution in [3.63, 3.8) is 0 Å². The third-order valence-corrected chi connectivity index (χ3v) is 8.99. The first-order chi connectivity index (χ1) is 18.3. The molecule has 0 aliphatic heterocycles. The van der Waals surface area contributed by atoms with Crippen LogP contribution in [0.5, 0.6) is 0 Å². The van der Waals surface area contributed by atoms with Gasteiger partial charge < -0.3 is 15.4 Å². The molecule has 0 aromatic rings. The normalized spacial score (nSPS) is 12.3. The van der Waals surface area contributed by atoms with E-state index in [0.29, 0.717) is 12.3 Å². The van der Waals surface area contributed by atoms with Gasteiger partial charge in [-0.2, -0.15) is 0 Å². The molecule has 0 fully saturated rings. The summed E-state index contributed by atoms with van der Waals surface area (Å²) in [5.41, 5.74) is -0.583. The molecule has 0 saturated carbocycles. The van der Waals surface area contributed by atoms with Gasteiger partial charge in [0.15, 0.2) is 0 Å². The van der Waals surface area contributed by atoms with Crippen LogP contribution in [-0.2, 0) is 9.53 Å². The van der Waals surface area contributed by atoms with E-state index in [0.717, 1.165) is 18.6 Å². The Kier molecular flexibility index (Phi) is 26.3. The van der Waals surface area contributed by atoms with Crippen molar-refractivity contribution in [2.75, 3.05) is 18.1 Å². The molecule has 226 valence electrons. The Morgan fingerprint density at radius 3 is 1.58 bits per heavy atom. The number of unbranched alkanes of at least 4 members (excludes halogenated alkanes) is 17. The summed E-state index contributed by atoms with van der Waals surface area (Å²) in [4.78, 5) is 25.0. The fraction of sp³-hybridized carbons (Fsp3) is 0.935. The molecule has 0 bridgehead atoms. The van der Waals surface area contributed by atoms with Crippen molar-refractivity contribution in [1.82, 2.24) is 10.6 Å². The van der Waals surface area contributed by atoms with E-state index >= 15 is 0 Å². The number of ether oxygens (including phenoxy) is 1. The summed E-state index contributed by atoms with van der Waals surface area (Å²) >= 11 is 0. The molecule has 0 aromatic heterocycles. The Bertz CT molecular complexity index is 556. The lowest BCUT2D eigenvalue weighted by Gasteiger charge is -2.23. The fourth-order valence-corrected chi connectivity index (χ4v) is 6.54. The molecule has 7 heteroatoms. The van der Waals surface area contributed by atoms with Gasteiger partial charge in [-0.15, -0.1) is 0 Å². The zero-order valence-corrected chi connectivity index (χ0v) is 27.3. The van der Waals surface area contributed by atoms with Crippen molar-refractivity contribution in [2.24, 2.45) is 0 Å². The minimum atomic E-state index is -0.583. The van der Waals surface area contributed by atoms with E-state index in [4.69, 9.17) is 4.74 Å². The number of carbonyl (C=O) groups excluding carboxylic acids is 2. The molecule has 0 rings (SSSR count). The van der Waals surface area contributed by atoms with E-state index in [1.165, 1.54) is 109 Å². The Labute approximate surface area is 244 Å². The minimum Gasteiger partial charge on any atom is -0.444 e. The molecule has 5 nitrogen and oxygen atoms in total. The van der Waals surface area contributed by atoms with Gasteiger partial charge in [-0.1, -0.05) is 145 Å². The van der Waals surface area contributed by atoms with Crippen molar-refractivity contribution >= 4 is 33.6 Å². The molecular weight excluding hydrogens is 512 g/mol. The summed E-state index contributed by atoms with van der Waals surface area (Å²) in [6.07, 6.45) is 24.5. The average Bonchev–Trinajstić information content (AvgIpc) is 2.86. The highest BCUT2D eigenvalue weighted by atomic mass is 33.1. The standard InChI is InChI=1S/C31H62N2O3S2/c1-6-8-10-11-12-13-14-15-16-17-18-19-20-21-22-23-25-32-29(34)28(27-38-37-26-24-9-7-2)33-30(35)36-31(3,4)5/h28H,6-27H2,1-5H3,(H,32,34)(H,33,35)/t28-/m0/s1. The van der Waals surface area contributed by atoms with E-state index in [2.05, 4.69) is 24.5 Å². The lowest BCUT2D eigenvalue weighted by Crippen LogP contribution is -2.49. The molecule has 0 aliphatic rings. The summed E-state index contributed by atoms with van der Waals surface area (Å²) < 4.78 is 5.37. The van der Waals surface area contributed by atoms with E-state index in [-0.39, 0.29) is 5.91 Å². The SMILES string of the molecule is CCCCCCCCCCCCCCCCCCNC(=O)[C@H](CSSCCCCC)NC(=O)OC(C)(C)C. The van der Waals surface area contributed by atoms with Crippen molar-refractivity contribution in [3.05, 3.63) is 0 Å². The monoisotopic (exact) mass is 574 g/mol. The van der Waals surface area contributed by atoms with Crippen molar-refractivity contribution in [3.8, 4) is 0 Å². The zero-order chi connectivity index (χ0) is 28.3. The maximum atomic E-state index is 12.8. The van der Waals surface area contributed by atoms with Gasteiger partial charge in [-0.05, 0) is 33.6 Å². The molecule has 2 amide bonds. The molecule has 0 aromatic carbocycles. The van der Waals surface area contributed by atoms with Crippen LogP contribution in [0.15, 0.2) is 0 Å². The number of hydrogen-bond donors (Lipinski definition) is 2. The van der Waals surface area contributed by atoms with Crippen LogP contribution in [0.1, 0.15) is 157 Å². The van der Waals surface area contributed by atoms with E-state index in [1.807, 2.05) is 20.8 Å². The van der Waals surface area contributed by atoms with Crippen molar-refractivity contribution in [2.45, 2.75) is 168 Å². The van der Waals surface area contributed by atoms with Gasteiger partial charge >= 0.3 is 6.09 Å². The quantitative estimate of drug-likeness (QED) is 0.0795. The largest absolute Gasteiger partial charge is 0.444 e. The third-order valence-electron chi connectivity index (χ3n) is 6.49. The van der Waals surface area contributed by atoms with E-state index in [9.17, 15) is 9.59 Å². The predicted octanol–water partition coefficient (Wildman–Crippen LogP) is 9.83. The molecule has 0 spiro atoms. The lowest BCUT2D eigenvalue weighted by atomic mass is 10.0. The number of alkyl carbamates (subject to hydrolysis) is 1. The number of amides is 2. The van der Waals surface area contributed by atoms with Crippen LogP contribution in [0.2, 0.25) is 0 Å². The molecule has 0 aliphatic carbocycles. The first-order valence-corrected chi connectivity index (χ1v) is 18.3. The predicted molar refractivity (Wildman–Crippen MR) is 170 cm³/mol. The van der Waals surface area contributed by atoms with Crippen LogP contribution in [-0.4, -0.2) is 41.7 Å². The van der Waals surface area contributed by atoms with Crippen LogP contribution in [0, 0.1) is 0 Å². The topological polar surface area (TPSA) is 67.4 Å². The first kappa shape index (κ1) is 37.4. The second kappa shape index (κ2) is 26.7. The van der Waals surface area contributed by atoms with Gasteiger partial charge in [-0.3, -0.25) is 4.79 Å². The highest BCUT2D eigenvalue weighted by molar-refractivity contribution is 8.76. The van der Waals surface area contributed by atoms with Gasteiger partial charge in [0, 0.05) is 18.1 Å². The Balaban J connectivity index is 3.89. The molecule has 38 heavy (non-hydrogen) atoms. The summed E-state index contributed by atoms with van der Waals surface area (Å²) in [7, 11) is 3.43. The second-order valence-corrected chi connectivity index (χ2v) is 14.2. The zero-order valence-electron chi connectivity index (χ0n) is 25.7. The number of rotatable bonds is 26. The molecule has 1 atom stereocenters. The van der Waals surface area contributed by atoms with Crippen LogP contribution < -0.4 is 10.6 Å². The smallest absolute Gasteiger partial charge is 0.408 e. The molecule has 2 N–H and O–H groups in total. The van der Waals surface area contributed by atoms with Gasteiger partial charge in [0.1, 0.15) is 11.6 Å². The van der Waals surface area contributed by atoms with Crippen LogP contribution in [0.3, 0.4) is 0 Å². The summed E-state index contributed by atoms with van der Waals surface area (Å²) in [6, 6.07) is -0.574. The first-order valence-electron chi connectivity index (χ1n) is 15.8. The molecular formula is C31H62N2O3S2. The average molecular weight is 575 g/mol. The van der Waals surface area contributed by atoms with Crippen molar-refractivity contribution in [1.29, 1.82) is 0 Å². The van der Waals surface area contributed by atoms with Gasteiger partial charge in [0.05, 0.1) is 0 Å². The number of hydrogen-bond acceptors (Lipinski definition) is 5. The third kappa shape index (κ3) is 27.0. The summed E-state index contributed by atoms with van der Waals surface area (Å²) in [6.45, 7) is 10.6. The Morgan fingerprint density at radius 2 is 1.11 bits per heavy atom. The van der Waals surface area contributed by atoms with Crippen LogP contribution >= 0.6 is 21.6 Å². The fourth-order valence-electron chi connectivity index (χ4n) is 4.23. The van der Waals surface area contributed by atoms with Gasteiger partial charge in [-0.25, -0.2) is 4.79 Å². The molecule has 0 saturated heterocycles. The van der Waals surface area contributed by atoms with Gasteiger partial charge in [0.25, 0.3) is 0 Å². The number of carbonyl (C=O) groups is 2. The van der Waals surface area contributed by atoms with Crippen LogP contribution in [0.25, 0.3) is 0 Å². The highest BCUT2D eigenvalue weighted by Crippen LogP contribution is 2.24. The maximum absolute atomic E-state index is 12.8. The van der Waals surface area contributed by atoms with E-state index in [1.54, 1.807) is 21.6 Å². The van der Waals surface area contributed by atoms with Gasteiger partial charge in [0.2, 0.25) is 5.91 Å².